The van der Waals surface area contributed by atoms with Gasteiger partial charge in [-0.25, -0.2) is 9.59 Å². The SMILES string of the molecule is O=C(NC1CNC(c2ccccc2)CN(CC2CC2)C1=O)N1CCC(n2cc(-c3ccccc3)[nH]c2=O)CC1. The zero-order valence-corrected chi connectivity index (χ0v) is 22.1. The molecule has 3 fully saturated rings. The second kappa shape index (κ2) is 11.1. The summed E-state index contributed by atoms with van der Waals surface area (Å²) in [6, 6.07) is 19.2. The van der Waals surface area contributed by atoms with Crippen molar-refractivity contribution in [2.45, 2.75) is 43.8 Å². The van der Waals surface area contributed by atoms with Gasteiger partial charge in [0.05, 0.1) is 5.69 Å². The molecule has 39 heavy (non-hydrogen) atoms. The van der Waals surface area contributed by atoms with Crippen LogP contribution in [0.5, 0.6) is 0 Å². The average molecular weight is 529 g/mol. The van der Waals surface area contributed by atoms with Crippen LogP contribution in [0.1, 0.15) is 43.3 Å². The fourth-order valence-electron chi connectivity index (χ4n) is 5.77. The lowest BCUT2D eigenvalue weighted by atomic mass is 10.1. The first-order valence-electron chi connectivity index (χ1n) is 14.0. The largest absolute Gasteiger partial charge is 0.339 e. The molecule has 0 bridgehead atoms. The average Bonchev–Trinajstić information content (AvgIpc) is 3.74. The van der Waals surface area contributed by atoms with E-state index in [0.717, 1.165) is 36.2 Å². The number of piperidine rings is 1. The van der Waals surface area contributed by atoms with Crippen molar-refractivity contribution in [1.82, 2.24) is 30.0 Å². The number of amides is 3. The first-order chi connectivity index (χ1) is 19.0. The van der Waals surface area contributed by atoms with E-state index in [2.05, 4.69) is 27.8 Å². The van der Waals surface area contributed by atoms with Gasteiger partial charge < -0.3 is 25.4 Å². The molecule has 3 aromatic rings. The molecular formula is C30H36N6O3. The van der Waals surface area contributed by atoms with Gasteiger partial charge in [0.25, 0.3) is 0 Å². The van der Waals surface area contributed by atoms with E-state index in [1.807, 2.05) is 59.6 Å². The maximum atomic E-state index is 13.5. The summed E-state index contributed by atoms with van der Waals surface area (Å²) in [7, 11) is 0. The zero-order chi connectivity index (χ0) is 26.8. The van der Waals surface area contributed by atoms with Crippen molar-refractivity contribution in [2.75, 3.05) is 32.7 Å². The Morgan fingerprint density at radius 2 is 1.62 bits per heavy atom. The minimum Gasteiger partial charge on any atom is -0.339 e. The number of aromatic nitrogens is 2. The molecular weight excluding hydrogens is 492 g/mol. The number of hydrogen-bond acceptors (Lipinski definition) is 4. The quantitative estimate of drug-likeness (QED) is 0.458. The fraction of sp³-hybridized carbons (Fsp3) is 0.433. The molecule has 6 rings (SSSR count). The van der Waals surface area contributed by atoms with Gasteiger partial charge in [0.15, 0.2) is 0 Å². The summed E-state index contributed by atoms with van der Waals surface area (Å²) in [6.07, 6.45) is 5.57. The Morgan fingerprint density at radius 1 is 0.923 bits per heavy atom. The molecule has 1 aliphatic carbocycles. The van der Waals surface area contributed by atoms with Crippen molar-refractivity contribution < 1.29 is 9.59 Å². The Kier molecular flexibility index (Phi) is 7.24. The number of benzene rings is 2. The van der Waals surface area contributed by atoms with E-state index >= 15 is 0 Å². The summed E-state index contributed by atoms with van der Waals surface area (Å²) in [5.74, 6) is 0.557. The zero-order valence-electron chi connectivity index (χ0n) is 22.1. The van der Waals surface area contributed by atoms with Crippen molar-refractivity contribution in [2.24, 2.45) is 5.92 Å². The lowest BCUT2D eigenvalue weighted by Gasteiger charge is -2.33. The molecule has 1 aromatic heterocycles. The summed E-state index contributed by atoms with van der Waals surface area (Å²) in [5, 5.41) is 6.55. The topological polar surface area (TPSA) is 102 Å². The second-order valence-corrected chi connectivity index (χ2v) is 11.0. The Hall–Kier alpha value is -3.85. The molecule has 3 N–H and O–H groups in total. The third-order valence-corrected chi connectivity index (χ3v) is 8.23. The van der Waals surface area contributed by atoms with Crippen molar-refractivity contribution in [1.29, 1.82) is 0 Å². The van der Waals surface area contributed by atoms with Crippen LogP contribution in [0.4, 0.5) is 4.79 Å². The number of aromatic amines is 1. The fourth-order valence-corrected chi connectivity index (χ4v) is 5.77. The predicted octanol–water partition coefficient (Wildman–Crippen LogP) is 3.14. The monoisotopic (exact) mass is 528 g/mol. The maximum absolute atomic E-state index is 13.5. The lowest BCUT2D eigenvalue weighted by molar-refractivity contribution is -0.132. The highest BCUT2D eigenvalue weighted by Crippen LogP contribution is 2.31. The number of hydrogen-bond donors (Lipinski definition) is 3. The van der Waals surface area contributed by atoms with E-state index in [1.54, 1.807) is 9.47 Å². The van der Waals surface area contributed by atoms with Crippen molar-refractivity contribution >= 4 is 11.9 Å². The minimum atomic E-state index is -0.608. The van der Waals surface area contributed by atoms with Crippen LogP contribution in [0, 0.1) is 5.92 Å². The van der Waals surface area contributed by atoms with Crippen LogP contribution in [0.3, 0.4) is 0 Å². The molecule has 3 heterocycles. The smallest absolute Gasteiger partial charge is 0.326 e. The van der Waals surface area contributed by atoms with Crippen LogP contribution in [-0.2, 0) is 4.79 Å². The number of likely N-dealkylation sites (tertiary alicyclic amines) is 1. The highest BCUT2D eigenvalue weighted by molar-refractivity contribution is 5.87. The Bertz CT molecular complexity index is 1340. The van der Waals surface area contributed by atoms with E-state index in [9.17, 15) is 14.4 Å². The lowest BCUT2D eigenvalue weighted by Crippen LogP contribution is -2.55. The highest BCUT2D eigenvalue weighted by Gasteiger charge is 2.36. The molecule has 2 aliphatic heterocycles. The molecule has 0 spiro atoms. The van der Waals surface area contributed by atoms with Gasteiger partial charge in [-0.05, 0) is 42.7 Å². The Labute approximate surface area is 228 Å². The first-order valence-corrected chi connectivity index (χ1v) is 14.0. The third-order valence-electron chi connectivity index (χ3n) is 8.23. The summed E-state index contributed by atoms with van der Waals surface area (Å²) < 4.78 is 1.76. The summed E-state index contributed by atoms with van der Waals surface area (Å²) >= 11 is 0. The van der Waals surface area contributed by atoms with E-state index < -0.39 is 6.04 Å². The van der Waals surface area contributed by atoms with Gasteiger partial charge in [-0.3, -0.25) is 9.36 Å². The molecule has 9 heteroatoms. The predicted molar refractivity (Wildman–Crippen MR) is 149 cm³/mol. The number of carbonyl (C=O) groups is 2. The van der Waals surface area contributed by atoms with Gasteiger partial charge in [-0.2, -0.15) is 0 Å². The van der Waals surface area contributed by atoms with E-state index in [1.165, 1.54) is 0 Å². The Balaban J connectivity index is 1.08. The highest BCUT2D eigenvalue weighted by atomic mass is 16.2. The molecule has 0 radical (unpaired) electrons. The molecule has 2 saturated heterocycles. The second-order valence-electron chi connectivity index (χ2n) is 11.0. The van der Waals surface area contributed by atoms with Crippen LogP contribution in [0.25, 0.3) is 11.3 Å². The van der Waals surface area contributed by atoms with Crippen LogP contribution < -0.4 is 16.3 Å². The number of imidazole rings is 1. The molecule has 1 saturated carbocycles. The van der Waals surface area contributed by atoms with Gasteiger partial charge in [-0.1, -0.05) is 60.7 Å². The van der Waals surface area contributed by atoms with Gasteiger partial charge in [0.2, 0.25) is 5.91 Å². The number of carbonyl (C=O) groups excluding carboxylic acids is 2. The number of nitrogens with zero attached hydrogens (tertiary/aromatic N) is 3. The first kappa shape index (κ1) is 25.4. The van der Waals surface area contributed by atoms with Gasteiger partial charge >= 0.3 is 11.7 Å². The van der Waals surface area contributed by atoms with Crippen LogP contribution in [0.2, 0.25) is 0 Å². The molecule has 2 atom stereocenters. The minimum absolute atomic E-state index is 0.0108. The molecule has 3 aliphatic rings. The van der Waals surface area contributed by atoms with Crippen molar-refractivity contribution in [3.05, 3.63) is 82.9 Å². The van der Waals surface area contributed by atoms with Gasteiger partial charge in [-0.15, -0.1) is 0 Å². The molecule has 3 amide bonds. The summed E-state index contributed by atoms with van der Waals surface area (Å²) in [6.45, 7) is 2.80. The number of nitrogens with one attached hydrogen (secondary N) is 3. The third kappa shape index (κ3) is 5.78. The van der Waals surface area contributed by atoms with Crippen LogP contribution in [-0.4, -0.2) is 70.1 Å². The molecule has 9 nitrogen and oxygen atoms in total. The standard InChI is InChI=1S/C30H36N6O3/c37-28-25(17-31-26(22-7-3-1-4-8-22)19-35(28)18-21-11-12-21)32-29(38)34-15-13-24(14-16-34)36-20-27(33-30(36)39)23-9-5-2-6-10-23/h1-10,20-21,24-26,31H,11-19H2,(H,32,38)(H,33,39). The molecule has 204 valence electrons. The normalized spacial score (nSPS) is 22.5. The molecule has 2 aromatic carbocycles. The van der Waals surface area contributed by atoms with Gasteiger partial charge in [0.1, 0.15) is 6.04 Å². The van der Waals surface area contributed by atoms with E-state index in [4.69, 9.17) is 0 Å². The molecule has 2 unspecified atom stereocenters. The van der Waals surface area contributed by atoms with E-state index in [-0.39, 0.29) is 29.7 Å². The summed E-state index contributed by atoms with van der Waals surface area (Å²) in [5.41, 5.74) is 2.79. The number of H-pyrrole nitrogens is 1. The number of rotatable bonds is 6. The van der Waals surface area contributed by atoms with Crippen molar-refractivity contribution in [3.8, 4) is 11.3 Å². The van der Waals surface area contributed by atoms with E-state index in [0.29, 0.717) is 44.9 Å². The van der Waals surface area contributed by atoms with Crippen molar-refractivity contribution in [3.63, 3.8) is 0 Å². The van der Waals surface area contributed by atoms with Crippen LogP contribution in [0.15, 0.2) is 71.7 Å². The number of urea groups is 1. The van der Waals surface area contributed by atoms with Gasteiger partial charge in [0, 0.05) is 51.0 Å². The Morgan fingerprint density at radius 3 is 2.31 bits per heavy atom. The van der Waals surface area contributed by atoms with Crippen LogP contribution >= 0.6 is 0 Å². The maximum Gasteiger partial charge on any atom is 0.326 e. The summed E-state index contributed by atoms with van der Waals surface area (Å²) in [4.78, 5) is 46.1.